The summed E-state index contributed by atoms with van der Waals surface area (Å²) in [4.78, 5) is 25.4. The summed E-state index contributed by atoms with van der Waals surface area (Å²) in [7, 11) is 0. The maximum absolute atomic E-state index is 12.8. The molecule has 0 aliphatic heterocycles. The third-order valence-electron chi connectivity index (χ3n) is 5.35. The van der Waals surface area contributed by atoms with Crippen molar-refractivity contribution in [1.29, 1.82) is 0 Å². The van der Waals surface area contributed by atoms with E-state index >= 15 is 0 Å². The van der Waals surface area contributed by atoms with Crippen LogP contribution in [0.25, 0.3) is 0 Å². The second-order valence-corrected chi connectivity index (χ2v) is 9.96. The van der Waals surface area contributed by atoms with Crippen LogP contribution < -0.4 is 16.4 Å². The van der Waals surface area contributed by atoms with E-state index in [4.69, 9.17) is 10.5 Å². The molecule has 0 bridgehead atoms. The standard InChI is InChI=1S/C27H28IN3O4/c1-17-8-11-19(12-9-17)30-26(34)35-25(20-16-18(28)10-13-23(20)32)27(2,3)15-14-24(33)31-22-7-5-4-6-21(22)29/h4-16,25,32H,29H2,1-3H3,(H,30,34)(H,31,33)/b15-14+/t25-/m1/s1. The molecule has 5 N–H and O–H groups in total. The second kappa shape index (κ2) is 11.3. The fourth-order valence-electron chi connectivity index (χ4n) is 3.41. The molecule has 8 heteroatoms. The molecule has 0 aromatic heterocycles. The van der Waals surface area contributed by atoms with Crippen LogP contribution >= 0.6 is 22.6 Å². The molecule has 3 aromatic carbocycles. The van der Waals surface area contributed by atoms with E-state index in [1.165, 1.54) is 6.08 Å². The zero-order chi connectivity index (χ0) is 25.6. The summed E-state index contributed by atoms with van der Waals surface area (Å²) >= 11 is 2.13. The Bertz CT molecular complexity index is 1240. The molecule has 2 amide bonds. The molecule has 0 saturated carbocycles. The van der Waals surface area contributed by atoms with Gasteiger partial charge in [-0.25, -0.2) is 4.79 Å². The lowest BCUT2D eigenvalue weighted by atomic mass is 9.81. The van der Waals surface area contributed by atoms with Gasteiger partial charge in [0.25, 0.3) is 0 Å². The lowest BCUT2D eigenvalue weighted by Gasteiger charge is -2.32. The van der Waals surface area contributed by atoms with E-state index in [1.807, 2.05) is 32.9 Å². The van der Waals surface area contributed by atoms with Crippen molar-refractivity contribution in [1.82, 2.24) is 0 Å². The van der Waals surface area contributed by atoms with Crippen LogP contribution in [0.2, 0.25) is 0 Å². The lowest BCUT2D eigenvalue weighted by Crippen LogP contribution is -2.28. The van der Waals surface area contributed by atoms with Crippen molar-refractivity contribution in [2.45, 2.75) is 26.9 Å². The van der Waals surface area contributed by atoms with Crippen molar-refractivity contribution in [3.63, 3.8) is 0 Å². The van der Waals surface area contributed by atoms with Gasteiger partial charge in [0.2, 0.25) is 5.91 Å². The van der Waals surface area contributed by atoms with Crippen molar-refractivity contribution in [3.05, 3.63) is 93.6 Å². The van der Waals surface area contributed by atoms with Crippen LogP contribution in [0, 0.1) is 15.9 Å². The predicted molar refractivity (Wildman–Crippen MR) is 147 cm³/mol. The summed E-state index contributed by atoms with van der Waals surface area (Å²) in [5, 5.41) is 16.0. The highest BCUT2D eigenvalue weighted by Crippen LogP contribution is 2.42. The zero-order valence-electron chi connectivity index (χ0n) is 19.7. The van der Waals surface area contributed by atoms with E-state index in [0.717, 1.165) is 9.13 Å². The number of hydrogen-bond acceptors (Lipinski definition) is 5. The molecule has 182 valence electrons. The third-order valence-corrected chi connectivity index (χ3v) is 6.02. The third kappa shape index (κ3) is 7.22. The minimum atomic E-state index is -0.895. The average Bonchev–Trinajstić information content (AvgIpc) is 2.81. The number of amides is 2. The topological polar surface area (TPSA) is 114 Å². The van der Waals surface area contributed by atoms with Crippen molar-refractivity contribution in [3.8, 4) is 5.75 Å². The zero-order valence-corrected chi connectivity index (χ0v) is 21.9. The van der Waals surface area contributed by atoms with Gasteiger partial charge in [0, 0.05) is 20.2 Å². The van der Waals surface area contributed by atoms with Gasteiger partial charge in [0.15, 0.2) is 0 Å². The smallest absolute Gasteiger partial charge is 0.412 e. The summed E-state index contributed by atoms with van der Waals surface area (Å²) in [5.41, 5.74) is 8.06. The average molecular weight is 585 g/mol. The molecular formula is C27H28IN3O4. The minimum absolute atomic E-state index is 0.0125. The van der Waals surface area contributed by atoms with E-state index in [1.54, 1.807) is 60.7 Å². The van der Waals surface area contributed by atoms with Gasteiger partial charge in [-0.1, -0.05) is 49.8 Å². The molecule has 0 unspecified atom stereocenters. The van der Waals surface area contributed by atoms with Crippen LogP contribution in [0.1, 0.15) is 31.1 Å². The maximum Gasteiger partial charge on any atom is 0.412 e. The first-order chi connectivity index (χ1) is 16.5. The molecular weight excluding hydrogens is 557 g/mol. The fourth-order valence-corrected chi connectivity index (χ4v) is 3.92. The number of aromatic hydroxyl groups is 1. The number of halogens is 1. The number of rotatable bonds is 7. The van der Waals surface area contributed by atoms with Crippen LogP contribution in [0.3, 0.4) is 0 Å². The summed E-state index contributed by atoms with van der Waals surface area (Å²) < 4.78 is 6.69. The van der Waals surface area contributed by atoms with E-state index in [9.17, 15) is 14.7 Å². The highest BCUT2D eigenvalue weighted by molar-refractivity contribution is 14.1. The molecule has 3 aromatic rings. The number of phenols is 1. The molecule has 7 nitrogen and oxygen atoms in total. The first-order valence-corrected chi connectivity index (χ1v) is 12.0. The molecule has 1 atom stereocenters. The summed E-state index contributed by atoms with van der Waals surface area (Å²) in [6.45, 7) is 5.59. The first-order valence-electron chi connectivity index (χ1n) is 10.9. The quantitative estimate of drug-likeness (QED) is 0.146. The number of phenolic OH excluding ortho intramolecular Hbond substituents is 1. The normalized spacial score (nSPS) is 12.2. The Hall–Kier alpha value is -3.53. The number of carbonyl (C=O) groups is 2. The molecule has 0 radical (unpaired) electrons. The summed E-state index contributed by atoms with van der Waals surface area (Å²) in [6, 6.07) is 19.3. The van der Waals surface area contributed by atoms with Crippen LogP contribution in [0.5, 0.6) is 5.75 Å². The van der Waals surface area contributed by atoms with Crippen LogP contribution in [-0.2, 0) is 9.53 Å². The van der Waals surface area contributed by atoms with Gasteiger partial charge in [0.1, 0.15) is 11.9 Å². The van der Waals surface area contributed by atoms with E-state index in [2.05, 4.69) is 33.2 Å². The Balaban J connectivity index is 1.85. The van der Waals surface area contributed by atoms with Gasteiger partial charge in [-0.2, -0.15) is 0 Å². The number of nitrogen functional groups attached to an aromatic ring is 1. The monoisotopic (exact) mass is 585 g/mol. The van der Waals surface area contributed by atoms with Crippen LogP contribution in [-0.4, -0.2) is 17.1 Å². The van der Waals surface area contributed by atoms with Gasteiger partial charge in [0.05, 0.1) is 11.4 Å². The van der Waals surface area contributed by atoms with Gasteiger partial charge < -0.3 is 20.9 Å². The summed E-state index contributed by atoms with van der Waals surface area (Å²) in [5.74, 6) is -0.396. The van der Waals surface area contributed by atoms with Crippen LogP contribution in [0.4, 0.5) is 21.9 Å². The van der Waals surface area contributed by atoms with Gasteiger partial charge >= 0.3 is 6.09 Å². The first kappa shape index (κ1) is 26.1. The molecule has 0 spiro atoms. The van der Waals surface area contributed by atoms with E-state index in [-0.39, 0.29) is 11.7 Å². The van der Waals surface area contributed by atoms with Gasteiger partial charge in [-0.15, -0.1) is 0 Å². The molecule has 35 heavy (non-hydrogen) atoms. The lowest BCUT2D eigenvalue weighted by molar-refractivity contribution is -0.112. The van der Waals surface area contributed by atoms with Crippen molar-refractivity contribution in [2.24, 2.45) is 5.41 Å². The maximum atomic E-state index is 12.8. The second-order valence-electron chi connectivity index (χ2n) is 8.71. The van der Waals surface area contributed by atoms with Crippen molar-refractivity contribution in [2.75, 3.05) is 16.4 Å². The van der Waals surface area contributed by atoms with E-state index in [0.29, 0.717) is 22.6 Å². The SMILES string of the molecule is Cc1ccc(NC(=O)O[C@H](c2cc(I)ccc2O)C(C)(C)/C=C/C(=O)Nc2ccccc2N)cc1. The Kier molecular flexibility index (Phi) is 8.39. The Morgan fingerprint density at radius 2 is 1.74 bits per heavy atom. The van der Waals surface area contributed by atoms with Gasteiger partial charge in [-0.05, 0) is 78.1 Å². The number of hydrogen-bond donors (Lipinski definition) is 4. The predicted octanol–water partition coefficient (Wildman–Crippen LogP) is 6.40. The highest BCUT2D eigenvalue weighted by Gasteiger charge is 2.34. The number of aryl methyl sites for hydroxylation is 1. The molecule has 0 heterocycles. The van der Waals surface area contributed by atoms with Crippen LogP contribution in [0.15, 0.2) is 78.9 Å². The summed E-state index contributed by atoms with van der Waals surface area (Å²) in [6.07, 6.45) is 1.43. The molecule has 0 fully saturated rings. The minimum Gasteiger partial charge on any atom is -0.508 e. The molecule has 0 aliphatic rings. The number of carbonyl (C=O) groups excluding carboxylic acids is 2. The van der Waals surface area contributed by atoms with Gasteiger partial charge in [-0.3, -0.25) is 10.1 Å². The van der Waals surface area contributed by atoms with Crippen molar-refractivity contribution >= 4 is 51.7 Å². The number of benzene rings is 3. The largest absolute Gasteiger partial charge is 0.508 e. The number of para-hydroxylation sites is 2. The molecule has 3 rings (SSSR count). The Morgan fingerprint density at radius 1 is 1.06 bits per heavy atom. The molecule has 0 aliphatic carbocycles. The van der Waals surface area contributed by atoms with E-state index < -0.39 is 17.6 Å². The number of nitrogens with one attached hydrogen (secondary N) is 2. The number of nitrogens with two attached hydrogens (primary N) is 1. The number of ether oxygens (including phenoxy) is 1. The highest BCUT2D eigenvalue weighted by atomic mass is 127. The molecule has 0 saturated heterocycles. The Morgan fingerprint density at radius 3 is 2.43 bits per heavy atom. The number of anilines is 3. The fraction of sp³-hybridized carbons (Fsp3) is 0.185. The van der Waals surface area contributed by atoms with Crippen molar-refractivity contribution < 1.29 is 19.4 Å². The Labute approximate surface area is 218 Å².